The van der Waals surface area contributed by atoms with Crippen molar-refractivity contribution in [2.24, 2.45) is 0 Å². The molecule has 2 atom stereocenters. The zero-order valence-electron chi connectivity index (χ0n) is 12.1. The molecule has 0 bridgehead atoms. The zero-order valence-corrected chi connectivity index (χ0v) is 12.1. The molecular weight excluding hydrogens is 252 g/mol. The lowest BCUT2D eigenvalue weighted by Gasteiger charge is -2.09. The van der Waals surface area contributed by atoms with Crippen LogP contribution >= 0.6 is 0 Å². The molecule has 20 heavy (non-hydrogen) atoms. The van der Waals surface area contributed by atoms with Gasteiger partial charge in [-0.2, -0.15) is 0 Å². The second kappa shape index (κ2) is 9.30. The van der Waals surface area contributed by atoms with Crippen molar-refractivity contribution in [1.82, 2.24) is 0 Å². The maximum atomic E-state index is 11.4. The first kappa shape index (κ1) is 16.4. The number of ether oxygens (including phenoxy) is 1. The summed E-state index contributed by atoms with van der Waals surface area (Å²) in [4.78, 5) is 11.4. The van der Waals surface area contributed by atoms with Crippen molar-refractivity contribution in [3.63, 3.8) is 0 Å². The molecule has 0 aromatic heterocycles. The number of carbonyl (C=O) groups excluding carboxylic acids is 1. The minimum absolute atomic E-state index is 0.00716. The van der Waals surface area contributed by atoms with Crippen molar-refractivity contribution in [2.75, 3.05) is 0 Å². The number of rotatable bonds is 7. The highest BCUT2D eigenvalue weighted by molar-refractivity contribution is 5.95. The average molecular weight is 274 g/mol. The molecule has 1 rings (SSSR count). The van der Waals surface area contributed by atoms with Gasteiger partial charge in [0.1, 0.15) is 0 Å². The number of hydrogen-bond donors (Lipinski definition) is 1. The van der Waals surface area contributed by atoms with Crippen molar-refractivity contribution < 1.29 is 14.6 Å². The second-order valence-electron chi connectivity index (χ2n) is 4.92. The summed E-state index contributed by atoms with van der Waals surface area (Å²) in [5.74, 6) is 5.30. The summed E-state index contributed by atoms with van der Waals surface area (Å²) in [6.45, 7) is 4.16. The van der Waals surface area contributed by atoms with E-state index in [1.165, 1.54) is 0 Å². The van der Waals surface area contributed by atoms with Crippen molar-refractivity contribution in [3.8, 4) is 11.8 Å². The Balaban J connectivity index is 2.23. The Bertz CT molecular complexity index is 454. The molecule has 0 fully saturated rings. The fourth-order valence-electron chi connectivity index (χ4n) is 1.57. The van der Waals surface area contributed by atoms with Crippen LogP contribution in [-0.4, -0.2) is 23.1 Å². The Morgan fingerprint density at radius 2 is 2.00 bits per heavy atom. The summed E-state index contributed by atoms with van der Waals surface area (Å²) in [6.07, 6.45) is 0.853. The molecule has 1 N–H and O–H groups in total. The van der Waals surface area contributed by atoms with Gasteiger partial charge in [-0.05, 0) is 31.8 Å². The predicted molar refractivity (Wildman–Crippen MR) is 79.0 cm³/mol. The largest absolute Gasteiger partial charge is 0.393 e. The number of hydrogen-bond acceptors (Lipinski definition) is 3. The van der Waals surface area contributed by atoms with E-state index in [0.29, 0.717) is 25.9 Å². The second-order valence-corrected chi connectivity index (χ2v) is 4.92. The number of benzene rings is 1. The van der Waals surface area contributed by atoms with Gasteiger partial charge in [0.05, 0.1) is 18.8 Å². The van der Waals surface area contributed by atoms with E-state index in [4.69, 9.17) is 9.84 Å². The summed E-state index contributed by atoms with van der Waals surface area (Å²) in [6, 6.07) is 9.95. The van der Waals surface area contributed by atoms with Gasteiger partial charge in [-0.3, -0.25) is 4.79 Å². The van der Waals surface area contributed by atoms with Crippen LogP contribution in [0.1, 0.15) is 38.7 Å². The smallest absolute Gasteiger partial charge is 0.205 e. The molecule has 0 amide bonds. The Hall–Kier alpha value is -1.63. The SMILES string of the molecule is CC(O)CCC(=O)C#CCC(C)OCc1ccccc1. The van der Waals surface area contributed by atoms with Gasteiger partial charge in [-0.25, -0.2) is 0 Å². The summed E-state index contributed by atoms with van der Waals surface area (Å²) in [5, 5.41) is 9.07. The van der Waals surface area contributed by atoms with Gasteiger partial charge in [0.25, 0.3) is 0 Å². The van der Waals surface area contributed by atoms with Crippen LogP contribution < -0.4 is 0 Å². The highest BCUT2D eigenvalue weighted by atomic mass is 16.5. The van der Waals surface area contributed by atoms with E-state index in [1.54, 1.807) is 6.92 Å². The average Bonchev–Trinajstić information content (AvgIpc) is 2.44. The van der Waals surface area contributed by atoms with Gasteiger partial charge >= 0.3 is 0 Å². The number of aliphatic hydroxyl groups excluding tert-OH is 1. The topological polar surface area (TPSA) is 46.5 Å². The van der Waals surface area contributed by atoms with E-state index >= 15 is 0 Å². The third-order valence-electron chi connectivity index (χ3n) is 2.78. The van der Waals surface area contributed by atoms with Gasteiger partial charge in [0, 0.05) is 12.8 Å². The molecule has 3 heteroatoms. The third-order valence-corrected chi connectivity index (χ3v) is 2.78. The molecule has 108 valence electrons. The lowest BCUT2D eigenvalue weighted by atomic mass is 10.1. The van der Waals surface area contributed by atoms with Crippen molar-refractivity contribution in [2.45, 2.75) is 51.9 Å². The first-order chi connectivity index (χ1) is 9.58. The molecule has 2 unspecified atom stereocenters. The van der Waals surface area contributed by atoms with Crippen molar-refractivity contribution >= 4 is 5.78 Å². The Morgan fingerprint density at radius 1 is 1.30 bits per heavy atom. The normalized spacial score (nSPS) is 13.2. The van der Waals surface area contributed by atoms with Crippen molar-refractivity contribution in [1.29, 1.82) is 0 Å². The molecule has 0 aliphatic heterocycles. The summed E-state index contributed by atoms with van der Waals surface area (Å²) in [7, 11) is 0. The fourth-order valence-corrected chi connectivity index (χ4v) is 1.57. The first-order valence-corrected chi connectivity index (χ1v) is 6.93. The molecule has 0 aliphatic rings. The maximum Gasteiger partial charge on any atom is 0.205 e. The van der Waals surface area contributed by atoms with Crippen molar-refractivity contribution in [3.05, 3.63) is 35.9 Å². The Morgan fingerprint density at radius 3 is 2.65 bits per heavy atom. The van der Waals surface area contributed by atoms with E-state index in [2.05, 4.69) is 11.8 Å². The van der Waals surface area contributed by atoms with E-state index < -0.39 is 6.10 Å². The van der Waals surface area contributed by atoms with Gasteiger partial charge < -0.3 is 9.84 Å². The predicted octanol–water partition coefficient (Wildman–Crippen LogP) is 2.72. The molecule has 0 saturated heterocycles. The zero-order chi connectivity index (χ0) is 14.8. The fraction of sp³-hybridized carbons (Fsp3) is 0.471. The minimum atomic E-state index is -0.450. The molecule has 0 spiro atoms. The molecule has 0 aliphatic carbocycles. The van der Waals surface area contributed by atoms with E-state index in [-0.39, 0.29) is 11.9 Å². The summed E-state index contributed by atoms with van der Waals surface area (Å²) >= 11 is 0. The highest BCUT2D eigenvalue weighted by Gasteiger charge is 2.02. The number of carbonyl (C=O) groups is 1. The number of Topliss-reactive ketones (excluding diaryl/α,β-unsaturated/α-hetero) is 1. The first-order valence-electron chi connectivity index (χ1n) is 6.93. The summed E-state index contributed by atoms with van der Waals surface area (Å²) in [5.41, 5.74) is 1.13. The van der Waals surface area contributed by atoms with Crippen LogP contribution in [0.25, 0.3) is 0 Å². The Labute approximate surface area is 121 Å². The lowest BCUT2D eigenvalue weighted by molar-refractivity contribution is -0.114. The van der Waals surface area contributed by atoms with Gasteiger partial charge in [-0.1, -0.05) is 36.3 Å². The van der Waals surface area contributed by atoms with Crippen LogP contribution in [-0.2, 0) is 16.1 Å². The molecule has 0 radical (unpaired) electrons. The standard InChI is InChI=1S/C17H22O3/c1-14(18)11-12-17(19)10-6-7-15(2)20-13-16-8-4-3-5-9-16/h3-5,8-9,14-15,18H,7,11-13H2,1-2H3. The lowest BCUT2D eigenvalue weighted by Crippen LogP contribution is -2.07. The molecule has 0 heterocycles. The van der Waals surface area contributed by atoms with E-state index in [9.17, 15) is 4.79 Å². The molecule has 1 aromatic rings. The highest BCUT2D eigenvalue weighted by Crippen LogP contribution is 2.05. The monoisotopic (exact) mass is 274 g/mol. The van der Waals surface area contributed by atoms with Crippen LogP contribution in [0.4, 0.5) is 0 Å². The van der Waals surface area contributed by atoms with Crippen LogP contribution in [0.5, 0.6) is 0 Å². The molecule has 0 saturated carbocycles. The van der Waals surface area contributed by atoms with Crippen LogP contribution in [0.15, 0.2) is 30.3 Å². The van der Waals surface area contributed by atoms with Crippen LogP contribution in [0.3, 0.4) is 0 Å². The van der Waals surface area contributed by atoms with E-state index in [1.807, 2.05) is 37.3 Å². The van der Waals surface area contributed by atoms with Gasteiger partial charge in [0.15, 0.2) is 0 Å². The number of aliphatic hydroxyl groups is 1. The quantitative estimate of drug-likeness (QED) is 0.614. The molecular formula is C17H22O3. The molecule has 3 nitrogen and oxygen atoms in total. The van der Waals surface area contributed by atoms with Gasteiger partial charge in [0.2, 0.25) is 5.78 Å². The third kappa shape index (κ3) is 7.73. The number of ketones is 1. The van der Waals surface area contributed by atoms with Gasteiger partial charge in [-0.15, -0.1) is 0 Å². The summed E-state index contributed by atoms with van der Waals surface area (Å²) < 4.78 is 5.65. The minimum Gasteiger partial charge on any atom is -0.393 e. The maximum absolute atomic E-state index is 11.4. The van der Waals surface area contributed by atoms with E-state index in [0.717, 1.165) is 5.56 Å². The Kier molecular flexibility index (Phi) is 7.64. The van der Waals surface area contributed by atoms with Crippen LogP contribution in [0, 0.1) is 11.8 Å². The molecule has 1 aromatic carbocycles. The van der Waals surface area contributed by atoms with Crippen LogP contribution in [0.2, 0.25) is 0 Å².